The number of piperazine rings is 1. The molecule has 0 aliphatic carbocycles. The van der Waals surface area contributed by atoms with Gasteiger partial charge in [-0.1, -0.05) is 23.2 Å². The number of amides is 1. The van der Waals surface area contributed by atoms with E-state index in [4.69, 9.17) is 23.2 Å². The monoisotopic (exact) mass is 445 g/mol. The Morgan fingerprint density at radius 2 is 1.57 bits per heavy atom. The van der Waals surface area contributed by atoms with E-state index in [0.29, 0.717) is 28.8 Å². The van der Waals surface area contributed by atoms with Crippen LogP contribution < -0.4 is 5.32 Å². The molecule has 0 unspecified atom stereocenters. The van der Waals surface area contributed by atoms with Crippen molar-refractivity contribution in [1.29, 1.82) is 0 Å². The highest BCUT2D eigenvalue weighted by atomic mass is 35.5. The lowest BCUT2D eigenvalue weighted by atomic mass is 10.3. The fourth-order valence-corrected chi connectivity index (χ4v) is 4.86. The van der Waals surface area contributed by atoms with E-state index in [9.17, 15) is 17.6 Å². The highest BCUT2D eigenvalue weighted by molar-refractivity contribution is 7.89. The Morgan fingerprint density at radius 3 is 2.14 bits per heavy atom. The zero-order valence-corrected chi connectivity index (χ0v) is 17.1. The van der Waals surface area contributed by atoms with Gasteiger partial charge in [0.2, 0.25) is 15.9 Å². The lowest BCUT2D eigenvalue weighted by Gasteiger charge is -2.33. The number of sulfonamides is 1. The van der Waals surface area contributed by atoms with Gasteiger partial charge in [-0.2, -0.15) is 4.31 Å². The van der Waals surface area contributed by atoms with Crippen molar-refractivity contribution in [3.05, 3.63) is 58.3 Å². The lowest BCUT2D eigenvalue weighted by molar-refractivity contribution is -0.117. The maximum atomic E-state index is 13.0. The maximum absolute atomic E-state index is 13.0. The first kappa shape index (κ1) is 21.0. The molecule has 3 rings (SSSR count). The molecule has 1 fully saturated rings. The lowest BCUT2D eigenvalue weighted by Crippen LogP contribution is -2.50. The van der Waals surface area contributed by atoms with Gasteiger partial charge in [0, 0.05) is 41.9 Å². The molecule has 2 aromatic rings. The van der Waals surface area contributed by atoms with E-state index in [1.54, 1.807) is 18.2 Å². The molecule has 0 spiro atoms. The van der Waals surface area contributed by atoms with E-state index >= 15 is 0 Å². The number of carbonyl (C=O) groups excluding carboxylic acids is 1. The fourth-order valence-electron chi connectivity index (χ4n) is 2.91. The molecule has 1 N–H and O–H groups in total. The Kier molecular flexibility index (Phi) is 6.57. The van der Waals surface area contributed by atoms with Gasteiger partial charge in [-0.15, -0.1) is 0 Å². The number of hydrogen-bond donors (Lipinski definition) is 1. The summed E-state index contributed by atoms with van der Waals surface area (Å²) < 4.78 is 39.6. The Bertz CT molecular complexity index is 942. The molecule has 150 valence electrons. The van der Waals surface area contributed by atoms with Crippen LogP contribution in [0, 0.1) is 5.82 Å². The molecular weight excluding hydrogens is 428 g/mol. The average Bonchev–Trinajstić information content (AvgIpc) is 2.61. The van der Waals surface area contributed by atoms with Crippen LogP contribution in [0.2, 0.25) is 10.0 Å². The van der Waals surface area contributed by atoms with Crippen LogP contribution in [0.5, 0.6) is 0 Å². The number of anilines is 1. The van der Waals surface area contributed by atoms with Crippen LogP contribution in [0.3, 0.4) is 0 Å². The first-order valence-corrected chi connectivity index (χ1v) is 10.7. The van der Waals surface area contributed by atoms with Crippen molar-refractivity contribution in [2.24, 2.45) is 0 Å². The summed E-state index contributed by atoms with van der Waals surface area (Å²) in [4.78, 5) is 14.1. The molecule has 0 aromatic heterocycles. The Labute approximate surface area is 172 Å². The first-order chi connectivity index (χ1) is 13.2. The van der Waals surface area contributed by atoms with Gasteiger partial charge in [0.25, 0.3) is 0 Å². The predicted octanol–water partition coefficient (Wildman–Crippen LogP) is 3.08. The molecule has 28 heavy (non-hydrogen) atoms. The van der Waals surface area contributed by atoms with Gasteiger partial charge in [-0.25, -0.2) is 12.8 Å². The number of nitrogens with zero attached hydrogens (tertiary/aromatic N) is 2. The van der Waals surface area contributed by atoms with E-state index in [2.05, 4.69) is 5.32 Å². The first-order valence-electron chi connectivity index (χ1n) is 8.48. The van der Waals surface area contributed by atoms with E-state index < -0.39 is 15.8 Å². The summed E-state index contributed by atoms with van der Waals surface area (Å²) in [5.41, 5.74) is 0.500. The predicted molar refractivity (Wildman–Crippen MR) is 107 cm³/mol. The number of nitrogens with one attached hydrogen (secondary N) is 1. The van der Waals surface area contributed by atoms with Gasteiger partial charge >= 0.3 is 0 Å². The third-order valence-corrected chi connectivity index (χ3v) is 6.65. The van der Waals surface area contributed by atoms with Crippen molar-refractivity contribution >= 4 is 44.8 Å². The highest BCUT2D eigenvalue weighted by Crippen LogP contribution is 2.22. The molecule has 1 heterocycles. The molecule has 0 radical (unpaired) electrons. The van der Waals surface area contributed by atoms with Crippen LogP contribution in [-0.4, -0.2) is 56.3 Å². The minimum absolute atomic E-state index is 0.0536. The molecule has 0 atom stereocenters. The molecule has 1 amide bonds. The summed E-state index contributed by atoms with van der Waals surface area (Å²) in [6.07, 6.45) is 0. The fraction of sp³-hybridized carbons (Fsp3) is 0.278. The van der Waals surface area contributed by atoms with E-state index in [1.807, 2.05) is 4.90 Å². The van der Waals surface area contributed by atoms with E-state index in [1.165, 1.54) is 16.4 Å². The summed E-state index contributed by atoms with van der Waals surface area (Å²) in [7, 11) is -3.68. The zero-order valence-electron chi connectivity index (χ0n) is 14.7. The second-order valence-electron chi connectivity index (χ2n) is 6.34. The summed E-state index contributed by atoms with van der Waals surface area (Å²) in [5.74, 6) is -0.732. The van der Waals surface area contributed by atoms with Gasteiger partial charge in [0.15, 0.2) is 0 Å². The summed E-state index contributed by atoms with van der Waals surface area (Å²) >= 11 is 11.8. The van der Waals surface area contributed by atoms with Crippen molar-refractivity contribution in [3.63, 3.8) is 0 Å². The molecular formula is C18H18Cl2FN3O3S. The Morgan fingerprint density at radius 1 is 1.00 bits per heavy atom. The maximum Gasteiger partial charge on any atom is 0.243 e. The minimum atomic E-state index is -3.68. The van der Waals surface area contributed by atoms with Gasteiger partial charge in [0.05, 0.1) is 11.4 Å². The van der Waals surface area contributed by atoms with Crippen LogP contribution >= 0.6 is 23.2 Å². The van der Waals surface area contributed by atoms with Gasteiger partial charge < -0.3 is 5.32 Å². The highest BCUT2D eigenvalue weighted by Gasteiger charge is 2.29. The smallest absolute Gasteiger partial charge is 0.243 e. The quantitative estimate of drug-likeness (QED) is 0.767. The molecule has 6 nitrogen and oxygen atoms in total. The Hall–Kier alpha value is -1.71. The van der Waals surface area contributed by atoms with Crippen LogP contribution in [0.25, 0.3) is 0 Å². The van der Waals surface area contributed by atoms with Crippen LogP contribution in [0.4, 0.5) is 10.1 Å². The summed E-state index contributed by atoms with van der Waals surface area (Å²) in [5, 5.41) is 3.56. The van der Waals surface area contributed by atoms with Crippen molar-refractivity contribution in [1.82, 2.24) is 9.21 Å². The van der Waals surface area contributed by atoms with Gasteiger partial charge in [0.1, 0.15) is 5.82 Å². The molecule has 1 aliphatic heterocycles. The summed E-state index contributed by atoms with van der Waals surface area (Å²) in [6, 6.07) is 9.50. The topological polar surface area (TPSA) is 69.7 Å². The molecule has 1 saturated heterocycles. The average molecular weight is 446 g/mol. The largest absolute Gasteiger partial charge is 0.325 e. The van der Waals surface area contributed by atoms with Crippen molar-refractivity contribution in [3.8, 4) is 0 Å². The van der Waals surface area contributed by atoms with Crippen molar-refractivity contribution < 1.29 is 17.6 Å². The van der Waals surface area contributed by atoms with Crippen LogP contribution in [0.15, 0.2) is 47.4 Å². The van der Waals surface area contributed by atoms with Crippen molar-refractivity contribution in [2.45, 2.75) is 4.90 Å². The second kappa shape index (κ2) is 8.75. The number of hydrogen-bond acceptors (Lipinski definition) is 4. The third-order valence-electron chi connectivity index (χ3n) is 4.30. The molecule has 0 saturated carbocycles. The number of rotatable bonds is 5. The molecule has 1 aliphatic rings. The molecule has 10 heteroatoms. The minimum Gasteiger partial charge on any atom is -0.325 e. The van der Waals surface area contributed by atoms with Gasteiger partial charge in [-0.05, 0) is 42.5 Å². The van der Waals surface area contributed by atoms with E-state index in [0.717, 1.165) is 12.1 Å². The number of benzene rings is 2. The zero-order chi connectivity index (χ0) is 20.3. The van der Waals surface area contributed by atoms with E-state index in [-0.39, 0.29) is 30.4 Å². The molecule has 0 bridgehead atoms. The number of halogens is 3. The SMILES string of the molecule is O=C(CN1CCN(S(=O)(=O)c2ccc(F)cc2)CC1)Nc1cc(Cl)cc(Cl)c1. The second-order valence-corrected chi connectivity index (χ2v) is 9.15. The Balaban J connectivity index is 1.55. The van der Waals surface area contributed by atoms with Crippen LogP contribution in [0.1, 0.15) is 0 Å². The van der Waals surface area contributed by atoms with Gasteiger partial charge in [-0.3, -0.25) is 9.69 Å². The van der Waals surface area contributed by atoms with Crippen molar-refractivity contribution in [2.75, 3.05) is 38.0 Å². The molecule has 2 aromatic carbocycles. The summed E-state index contributed by atoms with van der Waals surface area (Å²) in [6.45, 7) is 1.43. The standard InChI is InChI=1S/C18H18Cl2FN3O3S/c19-13-9-14(20)11-16(10-13)22-18(25)12-23-5-7-24(8-6-23)28(26,27)17-3-1-15(21)2-4-17/h1-4,9-11H,5-8,12H2,(H,22,25). The normalized spacial score (nSPS) is 16.1. The van der Waals surface area contributed by atoms with Crippen LogP contribution in [-0.2, 0) is 14.8 Å². The third kappa shape index (κ3) is 5.21. The number of carbonyl (C=O) groups is 1.